The van der Waals surface area contributed by atoms with Gasteiger partial charge in [-0.15, -0.1) is 0 Å². The molecule has 1 aromatic carbocycles. The van der Waals surface area contributed by atoms with Gasteiger partial charge in [-0.3, -0.25) is 0 Å². The molecule has 1 aliphatic carbocycles. The highest BCUT2D eigenvalue weighted by atomic mass is 32.2. The fraction of sp³-hybridized carbons (Fsp3) is 0.682. The summed E-state index contributed by atoms with van der Waals surface area (Å²) in [5, 5.41) is 6.88. The van der Waals surface area contributed by atoms with Crippen molar-refractivity contribution in [2.75, 3.05) is 33.4 Å². The Morgan fingerprint density at radius 1 is 1.10 bits per heavy atom. The summed E-state index contributed by atoms with van der Waals surface area (Å²) >= 11 is 0. The van der Waals surface area contributed by atoms with E-state index < -0.39 is 10.0 Å². The van der Waals surface area contributed by atoms with Crippen molar-refractivity contribution in [3.63, 3.8) is 0 Å². The van der Waals surface area contributed by atoms with Gasteiger partial charge in [0, 0.05) is 26.3 Å². The van der Waals surface area contributed by atoms with E-state index in [2.05, 4.69) is 22.3 Å². The summed E-state index contributed by atoms with van der Waals surface area (Å²) in [6.45, 7) is 7.96. The third-order valence-electron chi connectivity index (χ3n) is 5.73. The van der Waals surface area contributed by atoms with Crippen LogP contribution in [0.5, 0.6) is 0 Å². The average Bonchev–Trinajstić information content (AvgIpc) is 3.20. The lowest BCUT2D eigenvalue weighted by atomic mass is 9.83. The first-order valence-corrected chi connectivity index (χ1v) is 12.7. The van der Waals surface area contributed by atoms with Crippen molar-refractivity contribution >= 4 is 16.0 Å². The number of guanidine groups is 1. The molecule has 1 aliphatic rings. The van der Waals surface area contributed by atoms with Crippen LogP contribution in [-0.2, 0) is 27.1 Å². The quantitative estimate of drug-likeness (QED) is 0.265. The number of hydrogen-bond donors (Lipinski definition) is 3. The van der Waals surface area contributed by atoms with Gasteiger partial charge in [-0.2, -0.15) is 0 Å². The van der Waals surface area contributed by atoms with E-state index in [9.17, 15) is 8.42 Å². The molecule has 170 valence electrons. The maximum atomic E-state index is 11.7. The van der Waals surface area contributed by atoms with Gasteiger partial charge in [-0.1, -0.05) is 37.1 Å². The Kier molecular flexibility index (Phi) is 10.1. The highest BCUT2D eigenvalue weighted by Crippen LogP contribution is 2.40. The monoisotopic (exact) mass is 438 g/mol. The number of benzene rings is 1. The fourth-order valence-electron chi connectivity index (χ4n) is 3.89. The van der Waals surface area contributed by atoms with Gasteiger partial charge >= 0.3 is 0 Å². The maximum Gasteiger partial charge on any atom is 0.215 e. The van der Waals surface area contributed by atoms with E-state index in [1.165, 1.54) is 32.7 Å². The Balaban J connectivity index is 1.94. The van der Waals surface area contributed by atoms with Crippen LogP contribution < -0.4 is 15.4 Å². The molecule has 0 bridgehead atoms. The van der Waals surface area contributed by atoms with Crippen LogP contribution in [0.1, 0.15) is 57.1 Å². The molecule has 0 aromatic heterocycles. The Hall–Kier alpha value is -1.64. The fourth-order valence-corrected chi connectivity index (χ4v) is 4.66. The summed E-state index contributed by atoms with van der Waals surface area (Å²) in [7, 11) is -1.82. The Morgan fingerprint density at radius 2 is 1.77 bits per heavy atom. The van der Waals surface area contributed by atoms with Crippen LogP contribution in [0.3, 0.4) is 0 Å². The van der Waals surface area contributed by atoms with Gasteiger partial charge in [-0.25, -0.2) is 18.1 Å². The molecule has 0 spiro atoms. The van der Waals surface area contributed by atoms with Crippen molar-refractivity contribution < 1.29 is 13.2 Å². The molecule has 0 heterocycles. The lowest BCUT2D eigenvalue weighted by Crippen LogP contribution is -2.43. The van der Waals surface area contributed by atoms with Crippen LogP contribution >= 0.6 is 0 Å². The van der Waals surface area contributed by atoms with Crippen LogP contribution in [0.2, 0.25) is 0 Å². The van der Waals surface area contributed by atoms with Crippen molar-refractivity contribution in [2.45, 2.75) is 58.2 Å². The summed E-state index contributed by atoms with van der Waals surface area (Å²) in [6.07, 6.45) is 6.14. The number of nitrogens with one attached hydrogen (secondary N) is 3. The molecule has 0 atom stereocenters. The number of rotatable bonds is 12. The standard InChI is InChI=1S/C22H38N4O3S/c1-4-24-21(26-18-22(12-6-7-13-22)14-15-29-5-2)25-16-19-8-10-20(11-9-19)17-30(27,28)23-3/h8-11,23H,4-7,12-18H2,1-3H3,(H2,24,25,26). The summed E-state index contributed by atoms with van der Waals surface area (Å²) in [5.74, 6) is 0.808. The van der Waals surface area contributed by atoms with Gasteiger partial charge in [0.15, 0.2) is 5.96 Å². The number of sulfonamides is 1. The molecule has 7 nitrogen and oxygen atoms in total. The molecule has 1 aromatic rings. The summed E-state index contributed by atoms with van der Waals surface area (Å²) in [4.78, 5) is 4.73. The van der Waals surface area contributed by atoms with Crippen molar-refractivity contribution in [3.05, 3.63) is 35.4 Å². The van der Waals surface area contributed by atoms with Crippen LogP contribution in [0.25, 0.3) is 0 Å². The molecule has 1 fully saturated rings. The number of hydrogen-bond acceptors (Lipinski definition) is 4. The zero-order valence-electron chi connectivity index (χ0n) is 18.7. The second-order valence-corrected chi connectivity index (χ2v) is 9.91. The van der Waals surface area contributed by atoms with Crippen molar-refractivity contribution in [2.24, 2.45) is 10.4 Å². The molecule has 0 unspecified atom stereocenters. The van der Waals surface area contributed by atoms with E-state index in [4.69, 9.17) is 9.73 Å². The summed E-state index contributed by atoms with van der Waals surface area (Å²) in [6, 6.07) is 7.57. The van der Waals surface area contributed by atoms with Gasteiger partial charge in [0.05, 0.1) is 12.3 Å². The van der Waals surface area contributed by atoms with E-state index in [0.29, 0.717) is 12.0 Å². The first kappa shape index (κ1) is 24.6. The minimum absolute atomic E-state index is 0.0128. The van der Waals surface area contributed by atoms with E-state index in [1.807, 2.05) is 31.2 Å². The average molecular weight is 439 g/mol. The van der Waals surface area contributed by atoms with Gasteiger partial charge < -0.3 is 15.4 Å². The van der Waals surface area contributed by atoms with E-state index >= 15 is 0 Å². The lowest BCUT2D eigenvalue weighted by Gasteiger charge is -2.30. The second-order valence-electron chi connectivity index (χ2n) is 7.98. The SMILES string of the molecule is CCNC(=NCc1ccc(CS(=O)(=O)NC)cc1)NCC1(CCOCC)CCCC1. The van der Waals surface area contributed by atoms with Crippen LogP contribution in [0.15, 0.2) is 29.3 Å². The number of nitrogens with zero attached hydrogens (tertiary/aromatic N) is 1. The van der Waals surface area contributed by atoms with Gasteiger partial charge in [-0.05, 0) is 56.7 Å². The predicted molar refractivity (Wildman–Crippen MR) is 123 cm³/mol. The Morgan fingerprint density at radius 3 is 2.37 bits per heavy atom. The third-order valence-corrected chi connectivity index (χ3v) is 7.07. The maximum absolute atomic E-state index is 11.7. The molecule has 30 heavy (non-hydrogen) atoms. The van der Waals surface area contributed by atoms with E-state index in [0.717, 1.165) is 49.8 Å². The highest BCUT2D eigenvalue weighted by Gasteiger charge is 2.33. The van der Waals surface area contributed by atoms with Gasteiger partial charge in [0.25, 0.3) is 0 Å². The molecule has 3 N–H and O–H groups in total. The smallest absolute Gasteiger partial charge is 0.215 e. The lowest BCUT2D eigenvalue weighted by molar-refractivity contribution is 0.105. The van der Waals surface area contributed by atoms with Crippen LogP contribution in [-0.4, -0.2) is 47.7 Å². The largest absolute Gasteiger partial charge is 0.382 e. The zero-order valence-corrected chi connectivity index (χ0v) is 19.5. The minimum Gasteiger partial charge on any atom is -0.382 e. The summed E-state index contributed by atoms with van der Waals surface area (Å²) < 4.78 is 31.3. The molecular formula is C22H38N4O3S. The molecule has 0 amide bonds. The van der Waals surface area contributed by atoms with Gasteiger partial charge in [0.1, 0.15) is 0 Å². The van der Waals surface area contributed by atoms with E-state index in [-0.39, 0.29) is 5.75 Å². The minimum atomic E-state index is -3.25. The first-order chi connectivity index (χ1) is 14.4. The third kappa shape index (κ3) is 8.24. The van der Waals surface area contributed by atoms with Crippen molar-refractivity contribution in [1.82, 2.24) is 15.4 Å². The zero-order chi connectivity index (χ0) is 21.9. The van der Waals surface area contributed by atoms with Gasteiger partial charge in [0.2, 0.25) is 10.0 Å². The molecule has 0 radical (unpaired) electrons. The first-order valence-electron chi connectivity index (χ1n) is 11.0. The van der Waals surface area contributed by atoms with Crippen molar-refractivity contribution in [1.29, 1.82) is 0 Å². The molecular weight excluding hydrogens is 400 g/mol. The second kappa shape index (κ2) is 12.3. The molecule has 8 heteroatoms. The Labute approximate surface area is 182 Å². The number of aliphatic imine (C=N–C) groups is 1. The molecule has 2 rings (SSSR count). The highest BCUT2D eigenvalue weighted by molar-refractivity contribution is 7.88. The molecule has 0 saturated heterocycles. The van der Waals surface area contributed by atoms with Crippen LogP contribution in [0.4, 0.5) is 0 Å². The topological polar surface area (TPSA) is 91.8 Å². The van der Waals surface area contributed by atoms with E-state index in [1.54, 1.807) is 0 Å². The summed E-state index contributed by atoms with van der Waals surface area (Å²) in [5.41, 5.74) is 2.11. The molecule has 1 saturated carbocycles. The normalized spacial score (nSPS) is 16.6. The predicted octanol–water partition coefficient (Wildman–Crippen LogP) is 2.78. The number of ether oxygens (including phenoxy) is 1. The van der Waals surface area contributed by atoms with Crippen molar-refractivity contribution in [3.8, 4) is 0 Å². The molecule has 0 aliphatic heterocycles. The Bertz CT molecular complexity index is 757. The van der Waals surface area contributed by atoms with Crippen LogP contribution in [0, 0.1) is 5.41 Å².